The molecule has 1 unspecified atom stereocenters. The van der Waals surface area contributed by atoms with Crippen LogP contribution in [0.15, 0.2) is 46.2 Å². The number of carbonyl (C=O) groups is 1. The average Bonchev–Trinajstić information content (AvgIpc) is 2.50. The summed E-state index contributed by atoms with van der Waals surface area (Å²) in [6.45, 7) is 0.469. The molecule has 0 radical (unpaired) electrons. The Morgan fingerprint density at radius 3 is 2.87 bits per heavy atom. The van der Waals surface area contributed by atoms with E-state index in [1.165, 1.54) is 11.8 Å². The summed E-state index contributed by atoms with van der Waals surface area (Å²) in [5.41, 5.74) is 5.93. The Bertz CT molecular complexity index is 754. The van der Waals surface area contributed by atoms with Crippen LogP contribution in [-0.2, 0) is 4.74 Å². The van der Waals surface area contributed by atoms with Crippen molar-refractivity contribution in [2.75, 3.05) is 6.61 Å². The monoisotopic (exact) mass is 369 g/mol. The van der Waals surface area contributed by atoms with Gasteiger partial charge in [-0.3, -0.25) is 0 Å². The maximum atomic E-state index is 11.0. The van der Waals surface area contributed by atoms with Gasteiger partial charge in [0.2, 0.25) is 0 Å². The van der Waals surface area contributed by atoms with E-state index in [9.17, 15) is 4.79 Å². The van der Waals surface area contributed by atoms with E-state index in [0.717, 1.165) is 15.4 Å². The fraction of sp³-hybridized carbons (Fsp3) is 0.188. The molecule has 2 aromatic rings. The molecule has 0 spiro atoms. The summed E-state index contributed by atoms with van der Waals surface area (Å²) in [7, 11) is 0. The number of nitrogens with two attached hydrogens (primary N) is 1. The molecule has 1 heterocycles. The number of primary amides is 1. The Kier molecular flexibility index (Phi) is 4.90. The van der Waals surface area contributed by atoms with Crippen molar-refractivity contribution in [1.82, 2.24) is 0 Å². The van der Waals surface area contributed by atoms with E-state index in [0.29, 0.717) is 28.8 Å². The van der Waals surface area contributed by atoms with E-state index in [-0.39, 0.29) is 6.10 Å². The molecule has 4 nitrogen and oxygen atoms in total. The molecule has 1 amide bonds. The van der Waals surface area contributed by atoms with Crippen molar-refractivity contribution in [1.29, 1.82) is 0 Å². The van der Waals surface area contributed by atoms with Crippen molar-refractivity contribution < 1.29 is 14.3 Å². The summed E-state index contributed by atoms with van der Waals surface area (Å²) < 4.78 is 10.8. The highest BCUT2D eigenvalue weighted by atomic mass is 35.5. The van der Waals surface area contributed by atoms with Crippen LogP contribution in [0.2, 0.25) is 10.0 Å². The molecule has 0 fully saturated rings. The molecule has 7 heteroatoms. The van der Waals surface area contributed by atoms with Crippen molar-refractivity contribution in [3.05, 3.63) is 52.0 Å². The molecule has 1 aliphatic rings. The van der Waals surface area contributed by atoms with Crippen molar-refractivity contribution in [2.45, 2.75) is 22.3 Å². The molecule has 3 rings (SSSR count). The Labute approximate surface area is 147 Å². The van der Waals surface area contributed by atoms with E-state index in [1.54, 1.807) is 12.1 Å². The molecule has 1 aliphatic heterocycles. The Morgan fingerprint density at radius 1 is 1.26 bits per heavy atom. The van der Waals surface area contributed by atoms with Gasteiger partial charge >= 0.3 is 6.09 Å². The summed E-state index contributed by atoms with van der Waals surface area (Å²) in [6, 6.07) is 11.0. The fourth-order valence-electron chi connectivity index (χ4n) is 2.35. The quantitative estimate of drug-likeness (QED) is 0.820. The van der Waals surface area contributed by atoms with Crippen LogP contribution in [0.4, 0.5) is 4.79 Å². The first-order valence-corrected chi connectivity index (χ1v) is 8.46. The van der Waals surface area contributed by atoms with Gasteiger partial charge in [0.1, 0.15) is 11.9 Å². The van der Waals surface area contributed by atoms with Gasteiger partial charge in [0, 0.05) is 26.8 Å². The molecule has 1 atom stereocenters. The molecule has 2 N–H and O–H groups in total. The number of carbonyl (C=O) groups excluding carboxylic acids is 1. The molecule has 0 saturated heterocycles. The van der Waals surface area contributed by atoms with E-state index in [2.05, 4.69) is 0 Å². The van der Waals surface area contributed by atoms with Crippen LogP contribution in [0.3, 0.4) is 0 Å². The predicted octanol–water partition coefficient (Wildman–Crippen LogP) is 5.06. The third-order valence-electron chi connectivity index (χ3n) is 3.35. The van der Waals surface area contributed by atoms with Crippen LogP contribution in [0.25, 0.3) is 0 Å². The van der Waals surface area contributed by atoms with E-state index in [4.69, 9.17) is 38.4 Å². The number of halogens is 2. The molecular formula is C16H13Cl2NO3S. The van der Waals surface area contributed by atoms with Gasteiger partial charge in [0.15, 0.2) is 0 Å². The molecule has 23 heavy (non-hydrogen) atoms. The smallest absolute Gasteiger partial charge is 0.405 e. The molecule has 0 aromatic heterocycles. The summed E-state index contributed by atoms with van der Waals surface area (Å²) in [5.74, 6) is 0.686. The molecule has 0 aliphatic carbocycles. The zero-order valence-electron chi connectivity index (χ0n) is 11.9. The van der Waals surface area contributed by atoms with E-state index in [1.807, 2.05) is 24.3 Å². The third kappa shape index (κ3) is 3.86. The predicted molar refractivity (Wildman–Crippen MR) is 90.5 cm³/mol. The average molecular weight is 370 g/mol. The van der Waals surface area contributed by atoms with Gasteiger partial charge < -0.3 is 15.2 Å². The van der Waals surface area contributed by atoms with Gasteiger partial charge in [-0.05, 0) is 30.3 Å². The van der Waals surface area contributed by atoms with Gasteiger partial charge in [-0.1, -0.05) is 41.0 Å². The summed E-state index contributed by atoms with van der Waals surface area (Å²) in [4.78, 5) is 12.8. The first-order chi connectivity index (χ1) is 11.0. The van der Waals surface area contributed by atoms with Crippen LogP contribution in [0.1, 0.15) is 18.1 Å². The van der Waals surface area contributed by atoms with Crippen molar-refractivity contribution >= 4 is 41.1 Å². The lowest BCUT2D eigenvalue weighted by Gasteiger charge is -2.25. The first kappa shape index (κ1) is 16.3. The normalized spacial score (nSPS) is 16.3. The van der Waals surface area contributed by atoms with Crippen LogP contribution in [0.5, 0.6) is 5.75 Å². The van der Waals surface area contributed by atoms with Crippen molar-refractivity contribution in [3.8, 4) is 5.75 Å². The Balaban J connectivity index is 1.86. The highest BCUT2D eigenvalue weighted by Gasteiger charge is 2.24. The molecule has 120 valence electrons. The molecule has 0 saturated carbocycles. The minimum atomic E-state index is -0.785. The van der Waals surface area contributed by atoms with Crippen molar-refractivity contribution in [2.24, 2.45) is 5.73 Å². The van der Waals surface area contributed by atoms with Gasteiger partial charge in [-0.2, -0.15) is 0 Å². The lowest BCUT2D eigenvalue weighted by Crippen LogP contribution is -2.22. The van der Waals surface area contributed by atoms with Crippen molar-refractivity contribution in [3.63, 3.8) is 0 Å². The number of rotatable bonds is 3. The largest absolute Gasteiger partial charge is 0.493 e. The number of amides is 1. The van der Waals surface area contributed by atoms with Crippen LogP contribution in [0, 0.1) is 0 Å². The van der Waals surface area contributed by atoms with Gasteiger partial charge in [0.05, 0.1) is 11.6 Å². The lowest BCUT2D eigenvalue weighted by molar-refractivity contribution is 0.0764. The number of ether oxygens (including phenoxy) is 2. The Hall–Kier alpha value is -1.56. The second-order valence-corrected chi connectivity index (χ2v) is 6.90. The second kappa shape index (κ2) is 6.91. The minimum absolute atomic E-state index is 0.370. The highest BCUT2D eigenvalue weighted by Crippen LogP contribution is 2.40. The SMILES string of the molecule is NC(=O)OC1CCOc2cc(Sc3cc(Cl)ccc3Cl)ccc21. The summed E-state index contributed by atoms with van der Waals surface area (Å²) >= 11 is 13.7. The topological polar surface area (TPSA) is 61.6 Å². The molecule has 0 bridgehead atoms. The van der Waals surface area contributed by atoms with E-state index >= 15 is 0 Å². The summed E-state index contributed by atoms with van der Waals surface area (Å²) in [6.07, 6.45) is -0.570. The highest BCUT2D eigenvalue weighted by molar-refractivity contribution is 7.99. The van der Waals surface area contributed by atoms with Crippen LogP contribution in [-0.4, -0.2) is 12.7 Å². The molecule has 2 aromatic carbocycles. The first-order valence-electron chi connectivity index (χ1n) is 6.88. The fourth-order valence-corrected chi connectivity index (χ4v) is 3.72. The zero-order valence-corrected chi connectivity index (χ0v) is 14.3. The maximum Gasteiger partial charge on any atom is 0.405 e. The number of fused-ring (bicyclic) bond motifs is 1. The van der Waals surface area contributed by atoms with Gasteiger partial charge in [-0.15, -0.1) is 0 Å². The number of hydrogen-bond acceptors (Lipinski definition) is 4. The van der Waals surface area contributed by atoms with Crippen LogP contribution >= 0.6 is 35.0 Å². The number of benzene rings is 2. The van der Waals surface area contributed by atoms with E-state index < -0.39 is 6.09 Å². The maximum absolute atomic E-state index is 11.0. The Morgan fingerprint density at radius 2 is 2.09 bits per heavy atom. The third-order valence-corrected chi connectivity index (χ3v) is 5.07. The van der Waals surface area contributed by atoms with Crippen LogP contribution < -0.4 is 10.5 Å². The standard InChI is InChI=1S/C16H13Cl2NO3S/c17-9-1-4-12(18)15(7-9)23-10-2-3-11-13(22-16(19)20)5-6-21-14(11)8-10/h1-4,7-8,13H,5-6H2,(H2,19,20). The second-order valence-electron chi connectivity index (χ2n) is 4.94. The van der Waals surface area contributed by atoms with Gasteiger partial charge in [0.25, 0.3) is 0 Å². The zero-order chi connectivity index (χ0) is 16.4. The summed E-state index contributed by atoms with van der Waals surface area (Å²) in [5, 5.41) is 1.26. The minimum Gasteiger partial charge on any atom is -0.493 e. The lowest BCUT2D eigenvalue weighted by atomic mass is 10.0. The number of hydrogen-bond donors (Lipinski definition) is 1. The molecular weight excluding hydrogens is 357 g/mol. The van der Waals surface area contributed by atoms with Gasteiger partial charge in [-0.25, -0.2) is 4.79 Å².